The van der Waals surface area contributed by atoms with Gasteiger partial charge in [-0.15, -0.1) is 11.3 Å². The molecule has 0 radical (unpaired) electrons. The van der Waals surface area contributed by atoms with E-state index in [1.807, 2.05) is 23.6 Å². The molecule has 0 N–H and O–H groups in total. The molecule has 3 heteroatoms. The lowest BCUT2D eigenvalue weighted by atomic mass is 9.99. The van der Waals surface area contributed by atoms with Crippen molar-refractivity contribution in [1.29, 1.82) is 0 Å². The lowest BCUT2D eigenvalue weighted by Gasteiger charge is -2.06. The topological polar surface area (TPSA) is 34.1 Å². The second-order valence-electron chi connectivity index (χ2n) is 4.78. The predicted molar refractivity (Wildman–Crippen MR) is 78.1 cm³/mol. The van der Waals surface area contributed by atoms with E-state index in [0.29, 0.717) is 16.4 Å². The smallest absolute Gasteiger partial charge is 0.180 e. The highest BCUT2D eigenvalue weighted by Gasteiger charge is 2.14. The SMILES string of the molecule is CC(C)c1ccc(C(=O)CC(=O)c2cccs2)cc1. The van der Waals surface area contributed by atoms with Crippen LogP contribution in [0.5, 0.6) is 0 Å². The van der Waals surface area contributed by atoms with Crippen molar-refractivity contribution in [2.24, 2.45) is 0 Å². The van der Waals surface area contributed by atoms with Gasteiger partial charge >= 0.3 is 0 Å². The van der Waals surface area contributed by atoms with E-state index in [2.05, 4.69) is 13.8 Å². The lowest BCUT2D eigenvalue weighted by molar-refractivity contribution is 0.0896. The molecule has 0 saturated carbocycles. The summed E-state index contributed by atoms with van der Waals surface area (Å²) in [7, 11) is 0. The average molecular weight is 272 g/mol. The molecule has 0 aliphatic heterocycles. The molecule has 0 aliphatic rings. The minimum atomic E-state index is -0.117. The molecular formula is C16H16O2S. The molecule has 0 atom stereocenters. The van der Waals surface area contributed by atoms with Gasteiger partial charge in [0.15, 0.2) is 11.6 Å². The molecule has 2 aromatic rings. The van der Waals surface area contributed by atoms with Gasteiger partial charge in [-0.2, -0.15) is 0 Å². The third-order valence-electron chi connectivity index (χ3n) is 3.02. The number of Topliss-reactive ketones (excluding diaryl/α,β-unsaturated/α-hetero) is 2. The highest BCUT2D eigenvalue weighted by Crippen LogP contribution is 2.17. The zero-order valence-electron chi connectivity index (χ0n) is 11.1. The van der Waals surface area contributed by atoms with Gasteiger partial charge in [-0.3, -0.25) is 9.59 Å². The summed E-state index contributed by atoms with van der Waals surface area (Å²) >= 11 is 1.37. The molecule has 0 amide bonds. The van der Waals surface area contributed by atoms with Gasteiger partial charge in [-0.05, 0) is 22.9 Å². The maximum absolute atomic E-state index is 12.0. The third-order valence-corrected chi connectivity index (χ3v) is 3.93. The van der Waals surface area contributed by atoms with Crippen molar-refractivity contribution in [3.05, 3.63) is 57.8 Å². The Hall–Kier alpha value is -1.74. The number of carbonyl (C=O) groups is 2. The Balaban J connectivity index is 2.06. The molecule has 0 saturated heterocycles. The molecule has 0 fully saturated rings. The van der Waals surface area contributed by atoms with Crippen LogP contribution in [0.4, 0.5) is 0 Å². The van der Waals surface area contributed by atoms with Crippen LogP contribution in [0, 0.1) is 0 Å². The van der Waals surface area contributed by atoms with E-state index in [1.54, 1.807) is 18.2 Å². The summed E-state index contributed by atoms with van der Waals surface area (Å²) in [6, 6.07) is 11.1. The summed E-state index contributed by atoms with van der Waals surface area (Å²) in [5, 5.41) is 1.84. The minimum absolute atomic E-state index is 0.0540. The van der Waals surface area contributed by atoms with Crippen LogP contribution in [-0.2, 0) is 0 Å². The first-order chi connectivity index (χ1) is 9.08. The highest BCUT2D eigenvalue weighted by molar-refractivity contribution is 7.12. The Kier molecular flexibility index (Phi) is 4.27. The van der Waals surface area contributed by atoms with E-state index in [1.165, 1.54) is 16.9 Å². The first-order valence-corrected chi connectivity index (χ1v) is 7.15. The molecule has 0 aliphatic carbocycles. The van der Waals surface area contributed by atoms with Crippen LogP contribution in [0.1, 0.15) is 51.8 Å². The van der Waals surface area contributed by atoms with E-state index in [-0.39, 0.29) is 18.0 Å². The van der Waals surface area contributed by atoms with Gasteiger partial charge in [0, 0.05) is 5.56 Å². The van der Waals surface area contributed by atoms with Gasteiger partial charge in [-0.1, -0.05) is 44.2 Å². The van der Waals surface area contributed by atoms with Crippen LogP contribution in [0.2, 0.25) is 0 Å². The Morgan fingerprint density at radius 2 is 1.74 bits per heavy atom. The molecule has 1 aromatic heterocycles. The summed E-state index contributed by atoms with van der Waals surface area (Å²) in [6.07, 6.45) is -0.0540. The predicted octanol–water partition coefficient (Wildman–Crippen LogP) is 4.33. The van der Waals surface area contributed by atoms with Crippen LogP contribution in [-0.4, -0.2) is 11.6 Å². The molecular weight excluding hydrogens is 256 g/mol. The van der Waals surface area contributed by atoms with E-state index in [4.69, 9.17) is 0 Å². The zero-order valence-corrected chi connectivity index (χ0v) is 11.9. The molecule has 0 unspecified atom stereocenters. The summed E-state index contributed by atoms with van der Waals surface area (Å²) < 4.78 is 0. The van der Waals surface area contributed by atoms with Crippen molar-refractivity contribution in [3.8, 4) is 0 Å². The number of benzene rings is 1. The first kappa shape index (κ1) is 13.7. The van der Waals surface area contributed by atoms with Crippen LogP contribution < -0.4 is 0 Å². The van der Waals surface area contributed by atoms with Gasteiger partial charge in [-0.25, -0.2) is 0 Å². The quantitative estimate of drug-likeness (QED) is 0.600. The monoisotopic (exact) mass is 272 g/mol. The van der Waals surface area contributed by atoms with Crippen molar-refractivity contribution >= 4 is 22.9 Å². The van der Waals surface area contributed by atoms with Gasteiger partial charge in [0.05, 0.1) is 11.3 Å². The van der Waals surface area contributed by atoms with Crippen molar-refractivity contribution in [2.75, 3.05) is 0 Å². The van der Waals surface area contributed by atoms with Crippen LogP contribution in [0.3, 0.4) is 0 Å². The van der Waals surface area contributed by atoms with Crippen molar-refractivity contribution in [2.45, 2.75) is 26.2 Å². The summed E-state index contributed by atoms with van der Waals surface area (Å²) in [5.74, 6) is 0.221. The van der Waals surface area contributed by atoms with E-state index >= 15 is 0 Å². The number of rotatable bonds is 5. The standard InChI is InChI=1S/C16H16O2S/c1-11(2)12-5-7-13(8-6-12)14(17)10-15(18)16-4-3-9-19-16/h3-9,11H,10H2,1-2H3. The Morgan fingerprint density at radius 1 is 1.05 bits per heavy atom. The second kappa shape index (κ2) is 5.93. The molecule has 1 aromatic carbocycles. The fourth-order valence-electron chi connectivity index (χ4n) is 1.83. The van der Waals surface area contributed by atoms with Gasteiger partial charge in [0.2, 0.25) is 0 Å². The van der Waals surface area contributed by atoms with Gasteiger partial charge in [0.25, 0.3) is 0 Å². The van der Waals surface area contributed by atoms with Crippen LogP contribution >= 0.6 is 11.3 Å². The summed E-state index contributed by atoms with van der Waals surface area (Å²) in [4.78, 5) is 24.5. The number of hydrogen-bond acceptors (Lipinski definition) is 3. The van der Waals surface area contributed by atoms with Crippen molar-refractivity contribution in [3.63, 3.8) is 0 Å². The molecule has 0 spiro atoms. The largest absolute Gasteiger partial charge is 0.294 e. The molecule has 98 valence electrons. The Bertz CT molecular complexity index is 565. The number of thiophene rings is 1. The number of hydrogen-bond donors (Lipinski definition) is 0. The fourth-order valence-corrected chi connectivity index (χ4v) is 2.49. The molecule has 1 heterocycles. The van der Waals surface area contributed by atoms with Crippen molar-refractivity contribution in [1.82, 2.24) is 0 Å². The van der Waals surface area contributed by atoms with Crippen molar-refractivity contribution < 1.29 is 9.59 Å². The van der Waals surface area contributed by atoms with Gasteiger partial charge < -0.3 is 0 Å². The molecule has 19 heavy (non-hydrogen) atoms. The third kappa shape index (κ3) is 3.38. The normalized spacial score (nSPS) is 10.7. The maximum atomic E-state index is 12.0. The fraction of sp³-hybridized carbons (Fsp3) is 0.250. The molecule has 2 nitrogen and oxygen atoms in total. The highest BCUT2D eigenvalue weighted by atomic mass is 32.1. The lowest BCUT2D eigenvalue weighted by Crippen LogP contribution is -2.07. The number of ketones is 2. The zero-order chi connectivity index (χ0) is 13.8. The summed E-state index contributed by atoms with van der Waals surface area (Å²) in [6.45, 7) is 4.22. The Morgan fingerprint density at radius 3 is 2.26 bits per heavy atom. The average Bonchev–Trinajstić information content (AvgIpc) is 2.92. The summed E-state index contributed by atoms with van der Waals surface area (Å²) in [5.41, 5.74) is 1.80. The van der Waals surface area contributed by atoms with Crippen LogP contribution in [0.25, 0.3) is 0 Å². The van der Waals surface area contributed by atoms with Crippen LogP contribution in [0.15, 0.2) is 41.8 Å². The molecule has 0 bridgehead atoms. The van der Waals surface area contributed by atoms with E-state index < -0.39 is 0 Å². The van der Waals surface area contributed by atoms with E-state index in [9.17, 15) is 9.59 Å². The van der Waals surface area contributed by atoms with Gasteiger partial charge in [0.1, 0.15) is 0 Å². The second-order valence-corrected chi connectivity index (χ2v) is 5.72. The Labute approximate surface area is 117 Å². The molecule has 2 rings (SSSR count). The van der Waals surface area contributed by atoms with E-state index in [0.717, 1.165) is 0 Å². The number of carbonyl (C=O) groups excluding carboxylic acids is 2. The first-order valence-electron chi connectivity index (χ1n) is 6.28. The minimum Gasteiger partial charge on any atom is -0.294 e. The maximum Gasteiger partial charge on any atom is 0.180 e.